The number of nitrogens with zero attached hydrogens (tertiary/aromatic N) is 1. The Labute approximate surface area is 116 Å². The molecule has 0 bridgehead atoms. The summed E-state index contributed by atoms with van der Waals surface area (Å²) in [5.41, 5.74) is 9.26. The number of benzene rings is 1. The van der Waals surface area contributed by atoms with Gasteiger partial charge in [-0.25, -0.2) is 0 Å². The maximum atomic E-state index is 5.78. The van der Waals surface area contributed by atoms with Crippen LogP contribution in [0.25, 0.3) is 0 Å². The SMILES string of the molecule is Cc1occc1CN(C)c1cc(Br)ccc1CN. The van der Waals surface area contributed by atoms with Crippen molar-refractivity contribution in [1.82, 2.24) is 0 Å². The second-order valence-electron chi connectivity index (χ2n) is 4.34. The number of furan rings is 1. The third-order valence-electron chi connectivity index (χ3n) is 3.05. The number of aryl methyl sites for hydroxylation is 1. The van der Waals surface area contributed by atoms with Gasteiger partial charge in [0.15, 0.2) is 0 Å². The third-order valence-corrected chi connectivity index (χ3v) is 3.55. The van der Waals surface area contributed by atoms with Gasteiger partial charge in [0.05, 0.1) is 6.26 Å². The van der Waals surface area contributed by atoms with Gasteiger partial charge in [-0.1, -0.05) is 22.0 Å². The van der Waals surface area contributed by atoms with Gasteiger partial charge in [-0.15, -0.1) is 0 Å². The number of rotatable bonds is 4. The summed E-state index contributed by atoms with van der Waals surface area (Å²) in [5, 5.41) is 0. The van der Waals surface area contributed by atoms with Crippen LogP contribution in [0.15, 0.2) is 39.4 Å². The Morgan fingerprint density at radius 2 is 2.06 bits per heavy atom. The highest BCUT2D eigenvalue weighted by Gasteiger charge is 2.10. The van der Waals surface area contributed by atoms with Gasteiger partial charge in [0.2, 0.25) is 0 Å². The van der Waals surface area contributed by atoms with E-state index in [0.29, 0.717) is 6.54 Å². The Morgan fingerprint density at radius 1 is 1.28 bits per heavy atom. The second-order valence-corrected chi connectivity index (χ2v) is 5.25. The lowest BCUT2D eigenvalue weighted by atomic mass is 10.1. The molecule has 96 valence electrons. The van der Waals surface area contributed by atoms with Crippen LogP contribution in [0.5, 0.6) is 0 Å². The molecule has 18 heavy (non-hydrogen) atoms. The Morgan fingerprint density at radius 3 is 2.67 bits per heavy atom. The highest BCUT2D eigenvalue weighted by Crippen LogP contribution is 2.26. The van der Waals surface area contributed by atoms with Crippen molar-refractivity contribution in [2.45, 2.75) is 20.0 Å². The summed E-state index contributed by atoms with van der Waals surface area (Å²) < 4.78 is 6.38. The fourth-order valence-electron chi connectivity index (χ4n) is 1.98. The first-order chi connectivity index (χ1) is 8.61. The summed E-state index contributed by atoms with van der Waals surface area (Å²) in [6.45, 7) is 3.33. The summed E-state index contributed by atoms with van der Waals surface area (Å²) >= 11 is 3.50. The normalized spacial score (nSPS) is 10.7. The summed E-state index contributed by atoms with van der Waals surface area (Å²) in [5.74, 6) is 0.964. The van der Waals surface area contributed by atoms with Crippen LogP contribution in [0.2, 0.25) is 0 Å². The second kappa shape index (κ2) is 5.59. The Kier molecular flexibility index (Phi) is 4.09. The minimum absolute atomic E-state index is 0.539. The number of hydrogen-bond acceptors (Lipinski definition) is 3. The lowest BCUT2D eigenvalue weighted by molar-refractivity contribution is 0.529. The summed E-state index contributed by atoms with van der Waals surface area (Å²) in [7, 11) is 2.06. The highest BCUT2D eigenvalue weighted by molar-refractivity contribution is 9.10. The zero-order chi connectivity index (χ0) is 13.1. The van der Waals surface area contributed by atoms with Gasteiger partial charge in [-0.3, -0.25) is 0 Å². The maximum absolute atomic E-state index is 5.78. The van der Waals surface area contributed by atoms with Crippen molar-refractivity contribution in [2.75, 3.05) is 11.9 Å². The smallest absolute Gasteiger partial charge is 0.105 e. The van der Waals surface area contributed by atoms with Crippen LogP contribution >= 0.6 is 15.9 Å². The number of nitrogens with two attached hydrogens (primary N) is 1. The van der Waals surface area contributed by atoms with E-state index in [1.807, 2.05) is 19.1 Å². The predicted molar refractivity (Wildman–Crippen MR) is 77.6 cm³/mol. The van der Waals surface area contributed by atoms with Crippen LogP contribution in [0, 0.1) is 6.92 Å². The average molecular weight is 309 g/mol. The van der Waals surface area contributed by atoms with Crippen molar-refractivity contribution >= 4 is 21.6 Å². The van der Waals surface area contributed by atoms with E-state index < -0.39 is 0 Å². The fraction of sp³-hybridized carbons (Fsp3) is 0.286. The van der Waals surface area contributed by atoms with Crippen molar-refractivity contribution < 1.29 is 4.42 Å². The third kappa shape index (κ3) is 2.76. The van der Waals surface area contributed by atoms with Crippen LogP contribution in [-0.2, 0) is 13.1 Å². The molecule has 0 saturated heterocycles. The first-order valence-electron chi connectivity index (χ1n) is 5.84. The molecule has 0 aliphatic carbocycles. The molecule has 0 radical (unpaired) electrons. The Balaban J connectivity index is 2.25. The van der Waals surface area contributed by atoms with E-state index in [-0.39, 0.29) is 0 Å². The minimum Gasteiger partial charge on any atom is -0.469 e. The van der Waals surface area contributed by atoms with Gasteiger partial charge >= 0.3 is 0 Å². The van der Waals surface area contributed by atoms with E-state index in [9.17, 15) is 0 Å². The number of halogens is 1. The van der Waals surface area contributed by atoms with E-state index in [0.717, 1.165) is 28.0 Å². The molecular weight excluding hydrogens is 292 g/mol. The van der Waals surface area contributed by atoms with Crippen LogP contribution < -0.4 is 10.6 Å². The van der Waals surface area contributed by atoms with Crippen molar-refractivity contribution in [3.8, 4) is 0 Å². The van der Waals surface area contributed by atoms with Crippen LogP contribution in [0.3, 0.4) is 0 Å². The zero-order valence-electron chi connectivity index (χ0n) is 10.6. The first-order valence-corrected chi connectivity index (χ1v) is 6.63. The summed E-state index contributed by atoms with van der Waals surface area (Å²) in [4.78, 5) is 2.19. The molecule has 4 heteroatoms. The van der Waals surface area contributed by atoms with Crippen LogP contribution in [-0.4, -0.2) is 7.05 Å². The quantitative estimate of drug-likeness (QED) is 0.940. The Hall–Kier alpha value is -1.26. The van der Waals surface area contributed by atoms with Gasteiger partial charge in [-0.05, 0) is 30.7 Å². The van der Waals surface area contributed by atoms with E-state index >= 15 is 0 Å². The fourth-order valence-corrected chi connectivity index (χ4v) is 2.33. The first kappa shape index (κ1) is 13.2. The molecule has 1 aromatic carbocycles. The molecule has 0 atom stereocenters. The predicted octanol–water partition coefficient (Wildman–Crippen LogP) is 3.45. The van der Waals surface area contributed by atoms with Gasteiger partial charge in [0.25, 0.3) is 0 Å². The maximum Gasteiger partial charge on any atom is 0.105 e. The largest absolute Gasteiger partial charge is 0.469 e. The molecule has 0 unspecified atom stereocenters. The lowest BCUT2D eigenvalue weighted by Gasteiger charge is -2.22. The van der Waals surface area contributed by atoms with Gasteiger partial charge in [0.1, 0.15) is 5.76 Å². The van der Waals surface area contributed by atoms with E-state index in [4.69, 9.17) is 10.2 Å². The molecule has 0 fully saturated rings. The molecule has 1 heterocycles. The van der Waals surface area contributed by atoms with Crippen molar-refractivity contribution in [1.29, 1.82) is 0 Å². The number of anilines is 1. The van der Waals surface area contributed by atoms with Crippen molar-refractivity contribution in [3.05, 3.63) is 51.9 Å². The lowest BCUT2D eigenvalue weighted by Crippen LogP contribution is -2.19. The average Bonchev–Trinajstić information content (AvgIpc) is 2.75. The van der Waals surface area contributed by atoms with Gasteiger partial charge < -0.3 is 15.1 Å². The molecule has 2 rings (SSSR count). The molecule has 0 aliphatic rings. The molecule has 0 spiro atoms. The number of hydrogen-bond donors (Lipinski definition) is 1. The molecule has 2 aromatic rings. The monoisotopic (exact) mass is 308 g/mol. The summed E-state index contributed by atoms with van der Waals surface area (Å²) in [6, 6.07) is 8.17. The zero-order valence-corrected chi connectivity index (χ0v) is 12.2. The Bertz CT molecular complexity index is 536. The molecule has 2 N–H and O–H groups in total. The van der Waals surface area contributed by atoms with Crippen molar-refractivity contribution in [2.24, 2.45) is 5.73 Å². The van der Waals surface area contributed by atoms with Crippen LogP contribution in [0.1, 0.15) is 16.9 Å². The molecule has 1 aromatic heterocycles. The molecular formula is C14H17BrN2O. The van der Waals surface area contributed by atoms with E-state index in [1.54, 1.807) is 6.26 Å². The standard InChI is InChI=1S/C14H17BrN2O/c1-10-12(5-6-18-10)9-17(2)14-7-13(15)4-3-11(14)8-16/h3-7H,8-9,16H2,1-2H3. The molecule has 3 nitrogen and oxygen atoms in total. The molecule has 0 saturated carbocycles. The molecule has 0 aliphatic heterocycles. The van der Waals surface area contributed by atoms with Gasteiger partial charge in [-0.2, -0.15) is 0 Å². The van der Waals surface area contributed by atoms with E-state index in [1.165, 1.54) is 5.56 Å². The van der Waals surface area contributed by atoms with Gasteiger partial charge in [0, 0.05) is 35.9 Å². The van der Waals surface area contributed by atoms with Crippen molar-refractivity contribution in [3.63, 3.8) is 0 Å². The topological polar surface area (TPSA) is 42.4 Å². The summed E-state index contributed by atoms with van der Waals surface area (Å²) in [6.07, 6.45) is 1.73. The van der Waals surface area contributed by atoms with E-state index in [2.05, 4.69) is 40.0 Å². The molecule has 0 amide bonds. The highest BCUT2D eigenvalue weighted by atomic mass is 79.9. The van der Waals surface area contributed by atoms with Crippen LogP contribution in [0.4, 0.5) is 5.69 Å². The minimum atomic E-state index is 0.539.